The summed E-state index contributed by atoms with van der Waals surface area (Å²) in [7, 11) is 1.41. The van der Waals surface area contributed by atoms with Crippen molar-refractivity contribution in [1.82, 2.24) is 5.32 Å². The van der Waals surface area contributed by atoms with Crippen LogP contribution in [-0.2, 0) is 6.54 Å². The highest BCUT2D eigenvalue weighted by Gasteiger charge is 2.11. The van der Waals surface area contributed by atoms with Crippen molar-refractivity contribution >= 4 is 0 Å². The summed E-state index contributed by atoms with van der Waals surface area (Å²) in [4.78, 5) is 0. The van der Waals surface area contributed by atoms with Gasteiger partial charge in [-0.1, -0.05) is 6.07 Å². The molecule has 0 saturated carbocycles. The number of rotatable bonds is 9. The van der Waals surface area contributed by atoms with Crippen LogP contribution in [0, 0.1) is 12.3 Å². The maximum absolute atomic E-state index is 12.3. The number of nitrogens with one attached hydrogen (secondary N) is 1. The molecule has 1 rings (SSSR count). The maximum Gasteiger partial charge on any atom is 0.387 e. The molecule has 110 valence electrons. The molecule has 0 saturated heterocycles. The fourth-order valence-corrected chi connectivity index (χ4v) is 1.73. The molecule has 0 heterocycles. The first-order valence-corrected chi connectivity index (χ1v) is 6.43. The number of hydrogen-bond acceptors (Lipinski definition) is 3. The fourth-order valence-electron chi connectivity index (χ4n) is 1.73. The van der Waals surface area contributed by atoms with Gasteiger partial charge < -0.3 is 14.8 Å². The molecule has 0 aliphatic carbocycles. The normalized spacial score (nSPS) is 10.3. The summed E-state index contributed by atoms with van der Waals surface area (Å²) in [6, 6.07) is 4.98. The van der Waals surface area contributed by atoms with Gasteiger partial charge in [-0.25, -0.2) is 0 Å². The zero-order valence-corrected chi connectivity index (χ0v) is 11.5. The van der Waals surface area contributed by atoms with Crippen LogP contribution in [0.4, 0.5) is 8.78 Å². The summed E-state index contributed by atoms with van der Waals surface area (Å²) in [6.45, 7) is -1.45. The number of alkyl halides is 2. The molecule has 0 spiro atoms. The molecule has 0 unspecified atom stereocenters. The minimum Gasteiger partial charge on any atom is -0.493 e. The highest BCUT2D eigenvalue weighted by Crippen LogP contribution is 2.29. The molecule has 1 N–H and O–H groups in total. The van der Waals surface area contributed by atoms with Crippen molar-refractivity contribution in [2.24, 2.45) is 0 Å². The smallest absolute Gasteiger partial charge is 0.387 e. The Morgan fingerprint density at radius 3 is 2.75 bits per heavy atom. The number of hydrogen-bond donors (Lipinski definition) is 1. The molecule has 3 nitrogen and oxygen atoms in total. The van der Waals surface area contributed by atoms with Crippen LogP contribution in [0.25, 0.3) is 0 Å². The average molecular weight is 283 g/mol. The lowest BCUT2D eigenvalue weighted by molar-refractivity contribution is -0.0512. The topological polar surface area (TPSA) is 30.5 Å². The molecule has 0 fully saturated rings. The Labute approximate surface area is 118 Å². The lowest BCUT2D eigenvalue weighted by Gasteiger charge is -2.12. The second kappa shape index (κ2) is 9.16. The molecule has 0 amide bonds. The van der Waals surface area contributed by atoms with Crippen LogP contribution in [-0.4, -0.2) is 20.3 Å². The van der Waals surface area contributed by atoms with Crippen molar-refractivity contribution in [1.29, 1.82) is 0 Å². The second-order valence-electron chi connectivity index (χ2n) is 4.20. The predicted molar refractivity (Wildman–Crippen MR) is 74.0 cm³/mol. The van der Waals surface area contributed by atoms with Crippen LogP contribution in [0.5, 0.6) is 11.5 Å². The third-order valence-electron chi connectivity index (χ3n) is 2.70. The Hall–Kier alpha value is -1.80. The second-order valence-corrected chi connectivity index (χ2v) is 4.20. The molecule has 0 aliphatic rings. The summed E-state index contributed by atoms with van der Waals surface area (Å²) in [6.07, 6.45) is 7.90. The number of benzene rings is 1. The largest absolute Gasteiger partial charge is 0.493 e. The lowest BCUT2D eigenvalue weighted by Crippen LogP contribution is -2.15. The van der Waals surface area contributed by atoms with Crippen LogP contribution in [0.2, 0.25) is 0 Å². The number of unbranched alkanes of at least 4 members (excludes halogenated alkanes) is 2. The Kier molecular flexibility index (Phi) is 7.44. The first-order chi connectivity index (χ1) is 9.67. The van der Waals surface area contributed by atoms with Crippen LogP contribution in [0.1, 0.15) is 24.8 Å². The fraction of sp³-hybridized carbons (Fsp3) is 0.467. The van der Waals surface area contributed by atoms with Crippen molar-refractivity contribution in [3.05, 3.63) is 23.8 Å². The van der Waals surface area contributed by atoms with Gasteiger partial charge in [-0.2, -0.15) is 8.78 Å². The molecule has 1 aromatic carbocycles. The van der Waals surface area contributed by atoms with Crippen molar-refractivity contribution in [2.75, 3.05) is 13.7 Å². The highest BCUT2D eigenvalue weighted by molar-refractivity contribution is 5.42. The van der Waals surface area contributed by atoms with Crippen LogP contribution >= 0.6 is 0 Å². The van der Waals surface area contributed by atoms with E-state index in [2.05, 4.69) is 16.0 Å². The van der Waals surface area contributed by atoms with E-state index in [4.69, 9.17) is 11.2 Å². The molecule has 0 aliphatic heterocycles. The maximum atomic E-state index is 12.3. The van der Waals surface area contributed by atoms with E-state index in [1.807, 2.05) is 6.07 Å². The number of methoxy groups -OCH3 is 1. The van der Waals surface area contributed by atoms with Gasteiger partial charge in [0.2, 0.25) is 0 Å². The van der Waals surface area contributed by atoms with Gasteiger partial charge in [-0.15, -0.1) is 12.3 Å². The SMILES string of the molecule is C#CCCCCNCc1ccc(OC)c(OC(F)F)c1. The number of halogens is 2. The minimum atomic E-state index is -2.86. The van der Waals surface area contributed by atoms with Crippen LogP contribution in [0.15, 0.2) is 18.2 Å². The molecule has 0 radical (unpaired) electrons. The Morgan fingerprint density at radius 2 is 2.10 bits per heavy atom. The zero-order chi connectivity index (χ0) is 14.8. The molecular formula is C15H19F2NO2. The molecule has 20 heavy (non-hydrogen) atoms. The van der Waals surface area contributed by atoms with E-state index in [-0.39, 0.29) is 5.75 Å². The Morgan fingerprint density at radius 1 is 1.30 bits per heavy atom. The van der Waals surface area contributed by atoms with Crippen molar-refractivity contribution in [2.45, 2.75) is 32.4 Å². The quantitative estimate of drug-likeness (QED) is 0.557. The standard InChI is InChI=1S/C15H19F2NO2/c1-3-4-5-6-9-18-11-12-7-8-13(19-2)14(10-12)20-15(16)17/h1,7-8,10,15,18H,4-6,9,11H2,2H3. The molecule has 1 aromatic rings. The number of ether oxygens (including phenoxy) is 2. The molecule has 0 aromatic heterocycles. The minimum absolute atomic E-state index is 0.0501. The third kappa shape index (κ3) is 5.89. The average Bonchev–Trinajstić information content (AvgIpc) is 2.42. The van der Waals surface area contributed by atoms with Gasteiger partial charge in [-0.05, 0) is 37.1 Å². The Bertz CT molecular complexity index is 444. The van der Waals surface area contributed by atoms with E-state index in [1.165, 1.54) is 7.11 Å². The molecule has 0 atom stereocenters. The summed E-state index contributed by atoms with van der Waals surface area (Å²) in [5.74, 6) is 2.93. The van der Waals surface area contributed by atoms with Gasteiger partial charge in [0.05, 0.1) is 7.11 Å². The van der Waals surface area contributed by atoms with Crippen LogP contribution in [0.3, 0.4) is 0 Å². The first kappa shape index (κ1) is 16.3. The monoisotopic (exact) mass is 283 g/mol. The van der Waals surface area contributed by atoms with E-state index < -0.39 is 6.61 Å². The summed E-state index contributed by atoms with van der Waals surface area (Å²) >= 11 is 0. The molecule has 0 bridgehead atoms. The van der Waals surface area contributed by atoms with Gasteiger partial charge in [0.15, 0.2) is 11.5 Å². The van der Waals surface area contributed by atoms with Gasteiger partial charge >= 0.3 is 6.61 Å². The molecule has 5 heteroatoms. The third-order valence-corrected chi connectivity index (χ3v) is 2.70. The molecular weight excluding hydrogens is 264 g/mol. The lowest BCUT2D eigenvalue weighted by atomic mass is 10.2. The first-order valence-electron chi connectivity index (χ1n) is 6.43. The van der Waals surface area contributed by atoms with E-state index >= 15 is 0 Å². The van der Waals surface area contributed by atoms with Crippen molar-refractivity contribution in [3.8, 4) is 23.8 Å². The van der Waals surface area contributed by atoms with Crippen molar-refractivity contribution in [3.63, 3.8) is 0 Å². The summed E-state index contributed by atoms with van der Waals surface area (Å²) < 4.78 is 34.0. The predicted octanol–water partition coefficient (Wildman–Crippen LogP) is 3.19. The van der Waals surface area contributed by atoms with E-state index in [0.29, 0.717) is 12.3 Å². The van der Waals surface area contributed by atoms with Gasteiger partial charge in [0.1, 0.15) is 0 Å². The Balaban J connectivity index is 2.48. The van der Waals surface area contributed by atoms with Crippen molar-refractivity contribution < 1.29 is 18.3 Å². The highest BCUT2D eigenvalue weighted by atomic mass is 19.3. The van der Waals surface area contributed by atoms with E-state index in [9.17, 15) is 8.78 Å². The van der Waals surface area contributed by atoms with Gasteiger partial charge in [0.25, 0.3) is 0 Å². The zero-order valence-electron chi connectivity index (χ0n) is 11.5. The van der Waals surface area contributed by atoms with Gasteiger partial charge in [0, 0.05) is 13.0 Å². The summed E-state index contributed by atoms with van der Waals surface area (Å²) in [5, 5.41) is 3.23. The van der Waals surface area contributed by atoms with E-state index in [1.54, 1.807) is 12.1 Å². The number of terminal acetylenes is 1. The van der Waals surface area contributed by atoms with Gasteiger partial charge in [-0.3, -0.25) is 0 Å². The van der Waals surface area contributed by atoms with Crippen LogP contribution < -0.4 is 14.8 Å². The summed E-state index contributed by atoms with van der Waals surface area (Å²) in [5.41, 5.74) is 0.860. The van der Waals surface area contributed by atoms with E-state index in [0.717, 1.165) is 31.4 Å².